The molecule has 0 bridgehead atoms. The van der Waals surface area contributed by atoms with Gasteiger partial charge in [0.2, 0.25) is 0 Å². The SMILES string of the molecule is COc1ccc(C2(C#Cc3ccncc3)CCC(=CC(=O)O)CC2)cc1OC1CCCC1. The zero-order valence-corrected chi connectivity index (χ0v) is 18.5. The van der Waals surface area contributed by atoms with Gasteiger partial charge in [0.1, 0.15) is 0 Å². The number of carboxylic acid groups (broad SMARTS) is 1. The molecule has 166 valence electrons. The molecule has 0 radical (unpaired) electrons. The predicted octanol–water partition coefficient (Wildman–Crippen LogP) is 5.29. The van der Waals surface area contributed by atoms with Crippen LogP contribution in [0.4, 0.5) is 0 Å². The maximum Gasteiger partial charge on any atom is 0.328 e. The van der Waals surface area contributed by atoms with Crippen LogP contribution in [-0.2, 0) is 10.2 Å². The van der Waals surface area contributed by atoms with Crippen LogP contribution in [0.5, 0.6) is 11.5 Å². The Balaban J connectivity index is 1.70. The fourth-order valence-corrected chi connectivity index (χ4v) is 4.68. The highest BCUT2D eigenvalue weighted by Gasteiger charge is 2.35. The summed E-state index contributed by atoms with van der Waals surface area (Å²) in [5, 5.41) is 9.15. The van der Waals surface area contributed by atoms with Crippen LogP contribution in [0.2, 0.25) is 0 Å². The van der Waals surface area contributed by atoms with Crippen molar-refractivity contribution in [2.24, 2.45) is 0 Å². The molecule has 0 amide bonds. The Kier molecular flexibility index (Phi) is 6.80. The lowest BCUT2D eigenvalue weighted by Crippen LogP contribution is -2.28. The molecule has 32 heavy (non-hydrogen) atoms. The van der Waals surface area contributed by atoms with E-state index in [1.165, 1.54) is 18.9 Å². The molecule has 1 N–H and O–H groups in total. The van der Waals surface area contributed by atoms with Crippen LogP contribution in [0.1, 0.15) is 62.5 Å². The summed E-state index contributed by atoms with van der Waals surface area (Å²) in [5.41, 5.74) is 2.61. The normalized spacial score (nSPS) is 20.8. The van der Waals surface area contributed by atoms with E-state index in [9.17, 15) is 4.79 Å². The summed E-state index contributed by atoms with van der Waals surface area (Å²) in [6, 6.07) is 9.94. The van der Waals surface area contributed by atoms with Gasteiger partial charge in [0, 0.05) is 24.0 Å². The Morgan fingerprint density at radius 2 is 1.84 bits per heavy atom. The molecule has 2 saturated carbocycles. The Hall–Kier alpha value is -3.26. The summed E-state index contributed by atoms with van der Waals surface area (Å²) < 4.78 is 11.9. The van der Waals surface area contributed by atoms with E-state index >= 15 is 0 Å². The topological polar surface area (TPSA) is 68.7 Å². The highest BCUT2D eigenvalue weighted by atomic mass is 16.5. The van der Waals surface area contributed by atoms with Gasteiger partial charge in [-0.15, -0.1) is 0 Å². The molecule has 0 spiro atoms. The summed E-state index contributed by atoms with van der Waals surface area (Å²) in [5.74, 6) is 7.51. The minimum absolute atomic E-state index is 0.231. The van der Waals surface area contributed by atoms with E-state index in [4.69, 9.17) is 14.6 Å². The van der Waals surface area contributed by atoms with Gasteiger partial charge in [0.25, 0.3) is 0 Å². The van der Waals surface area contributed by atoms with Gasteiger partial charge in [-0.25, -0.2) is 4.79 Å². The predicted molar refractivity (Wildman–Crippen MR) is 123 cm³/mol. The lowest BCUT2D eigenvalue weighted by molar-refractivity contribution is -0.131. The highest BCUT2D eigenvalue weighted by molar-refractivity contribution is 5.80. The molecule has 2 aliphatic carbocycles. The molecule has 1 aromatic heterocycles. The molecule has 4 rings (SSSR count). The van der Waals surface area contributed by atoms with Crippen LogP contribution in [0, 0.1) is 11.8 Å². The summed E-state index contributed by atoms with van der Waals surface area (Å²) in [4.78, 5) is 15.2. The monoisotopic (exact) mass is 431 g/mol. The van der Waals surface area contributed by atoms with Crippen LogP contribution < -0.4 is 9.47 Å². The molecule has 0 atom stereocenters. The molecule has 1 heterocycles. The zero-order chi connectivity index (χ0) is 22.4. The largest absolute Gasteiger partial charge is 0.493 e. The van der Waals surface area contributed by atoms with E-state index in [2.05, 4.69) is 29.0 Å². The Labute approximate surface area is 189 Å². The number of rotatable bonds is 5. The van der Waals surface area contributed by atoms with E-state index in [1.807, 2.05) is 18.2 Å². The van der Waals surface area contributed by atoms with Crippen molar-refractivity contribution in [2.75, 3.05) is 7.11 Å². The Morgan fingerprint density at radius 1 is 1.12 bits per heavy atom. The molecule has 0 saturated heterocycles. The Morgan fingerprint density at radius 3 is 2.50 bits per heavy atom. The molecule has 0 aliphatic heterocycles. The number of carbonyl (C=O) groups is 1. The molecule has 0 unspecified atom stereocenters. The standard InChI is InChI=1S/C27H29NO4/c1-31-24-7-6-22(19-25(24)32-23-4-2-3-5-23)27(13-8-20-11-16-28-17-12-20)14-9-21(10-15-27)18-26(29)30/h6-7,11-12,16-19,23H,2-5,9-10,14-15H2,1H3,(H,29,30). The van der Waals surface area contributed by atoms with Gasteiger partial charge in [-0.1, -0.05) is 23.5 Å². The second-order valence-electron chi connectivity index (χ2n) is 8.60. The quantitative estimate of drug-likeness (QED) is 0.515. The summed E-state index contributed by atoms with van der Waals surface area (Å²) >= 11 is 0. The minimum atomic E-state index is -0.882. The third-order valence-electron chi connectivity index (χ3n) is 6.51. The average Bonchev–Trinajstić information content (AvgIpc) is 3.32. The molecular weight excluding hydrogens is 402 g/mol. The van der Waals surface area contributed by atoms with Crippen molar-refractivity contribution >= 4 is 5.97 Å². The third kappa shape index (κ3) is 5.13. The van der Waals surface area contributed by atoms with Crippen LogP contribution in [0.15, 0.2) is 54.4 Å². The number of carboxylic acids is 1. The zero-order valence-electron chi connectivity index (χ0n) is 18.5. The smallest absolute Gasteiger partial charge is 0.328 e. The first-order chi connectivity index (χ1) is 15.6. The third-order valence-corrected chi connectivity index (χ3v) is 6.51. The van der Waals surface area contributed by atoms with Gasteiger partial charge in [-0.3, -0.25) is 4.98 Å². The second-order valence-corrected chi connectivity index (χ2v) is 8.60. The molecule has 1 aromatic carbocycles. The van der Waals surface area contributed by atoms with Gasteiger partial charge >= 0.3 is 5.97 Å². The number of aromatic nitrogens is 1. The van der Waals surface area contributed by atoms with Crippen molar-refractivity contribution in [1.29, 1.82) is 0 Å². The fourth-order valence-electron chi connectivity index (χ4n) is 4.68. The average molecular weight is 432 g/mol. The molecule has 2 fully saturated rings. The lowest BCUT2D eigenvalue weighted by Gasteiger charge is -2.35. The number of pyridine rings is 1. The summed E-state index contributed by atoms with van der Waals surface area (Å²) in [6.07, 6.45) is 12.6. The van der Waals surface area contributed by atoms with Gasteiger partial charge in [-0.2, -0.15) is 0 Å². The number of benzene rings is 1. The van der Waals surface area contributed by atoms with Crippen LogP contribution in [0.3, 0.4) is 0 Å². The number of hydrogen-bond donors (Lipinski definition) is 1. The number of nitrogens with zero attached hydrogens (tertiary/aromatic N) is 1. The summed E-state index contributed by atoms with van der Waals surface area (Å²) in [7, 11) is 1.67. The first-order valence-electron chi connectivity index (χ1n) is 11.3. The van der Waals surface area contributed by atoms with Crippen LogP contribution in [-0.4, -0.2) is 29.3 Å². The van der Waals surface area contributed by atoms with Gasteiger partial charge in [0.15, 0.2) is 11.5 Å². The maximum absolute atomic E-state index is 11.1. The first-order valence-corrected chi connectivity index (χ1v) is 11.3. The van der Waals surface area contributed by atoms with Crippen molar-refractivity contribution < 1.29 is 19.4 Å². The van der Waals surface area contributed by atoms with Crippen molar-refractivity contribution in [3.63, 3.8) is 0 Å². The molecule has 2 aromatic rings. The molecule has 2 aliphatic rings. The van der Waals surface area contributed by atoms with E-state index in [-0.39, 0.29) is 11.5 Å². The number of aliphatic carboxylic acids is 1. The van der Waals surface area contributed by atoms with Gasteiger partial charge in [-0.05, 0) is 81.2 Å². The molecule has 5 heteroatoms. The molecular formula is C27H29NO4. The van der Waals surface area contributed by atoms with Crippen LogP contribution >= 0.6 is 0 Å². The van der Waals surface area contributed by atoms with Crippen molar-refractivity contribution in [3.05, 3.63) is 65.5 Å². The fraction of sp³-hybridized carbons (Fsp3) is 0.407. The van der Waals surface area contributed by atoms with Gasteiger partial charge < -0.3 is 14.6 Å². The van der Waals surface area contributed by atoms with Crippen molar-refractivity contribution in [2.45, 2.75) is 62.9 Å². The van der Waals surface area contributed by atoms with E-state index < -0.39 is 5.97 Å². The minimum Gasteiger partial charge on any atom is -0.493 e. The van der Waals surface area contributed by atoms with E-state index in [1.54, 1.807) is 19.5 Å². The first kappa shape index (κ1) is 22.0. The number of allylic oxidation sites excluding steroid dienone is 1. The highest BCUT2D eigenvalue weighted by Crippen LogP contribution is 2.44. The summed E-state index contributed by atoms with van der Waals surface area (Å²) in [6.45, 7) is 0. The second kappa shape index (κ2) is 9.91. The number of hydrogen-bond acceptors (Lipinski definition) is 4. The van der Waals surface area contributed by atoms with Crippen molar-refractivity contribution in [3.8, 4) is 23.3 Å². The van der Waals surface area contributed by atoms with E-state index in [0.717, 1.165) is 53.9 Å². The number of methoxy groups -OCH3 is 1. The number of ether oxygens (including phenoxy) is 2. The maximum atomic E-state index is 11.1. The van der Waals surface area contributed by atoms with E-state index in [0.29, 0.717) is 12.8 Å². The lowest BCUT2D eigenvalue weighted by atomic mass is 9.68. The van der Waals surface area contributed by atoms with Crippen molar-refractivity contribution in [1.82, 2.24) is 4.98 Å². The molecule has 5 nitrogen and oxygen atoms in total. The Bertz CT molecular complexity index is 1030. The van der Waals surface area contributed by atoms with Crippen LogP contribution in [0.25, 0.3) is 0 Å². The van der Waals surface area contributed by atoms with Gasteiger partial charge in [0.05, 0.1) is 18.6 Å².